The standard InChI is InChI=1S/C26H24N2O4/c29-19-7-4-8-20(14-19)31-21-10-11-22(17-5-2-1-3-6-17)25(15-21)32-26(30)18-9-12-23-24(13-18)28-16-27-23/h4,7-17,29H,1-3,5-6H2,(H,27,28). The minimum absolute atomic E-state index is 0.127. The maximum absolute atomic E-state index is 13.0. The third kappa shape index (κ3) is 4.30. The molecular weight excluding hydrogens is 404 g/mol. The first-order valence-electron chi connectivity index (χ1n) is 10.9. The molecule has 32 heavy (non-hydrogen) atoms. The molecule has 1 fully saturated rings. The van der Waals surface area contributed by atoms with Crippen molar-refractivity contribution in [3.63, 3.8) is 0 Å². The molecule has 0 amide bonds. The number of phenolic OH excluding ortho intramolecular Hbond substituents is 1. The Morgan fingerprint density at radius 2 is 1.81 bits per heavy atom. The smallest absolute Gasteiger partial charge is 0.343 e. The second-order valence-corrected chi connectivity index (χ2v) is 8.16. The normalized spacial score (nSPS) is 14.4. The molecule has 1 aliphatic carbocycles. The molecule has 5 rings (SSSR count). The number of esters is 1. The summed E-state index contributed by atoms with van der Waals surface area (Å²) in [4.78, 5) is 20.2. The first kappa shape index (κ1) is 20.1. The van der Waals surface area contributed by atoms with Gasteiger partial charge in [-0.1, -0.05) is 31.4 Å². The van der Waals surface area contributed by atoms with Crippen LogP contribution in [-0.4, -0.2) is 21.0 Å². The van der Waals surface area contributed by atoms with Crippen molar-refractivity contribution in [3.8, 4) is 23.0 Å². The molecule has 1 aromatic heterocycles. The van der Waals surface area contributed by atoms with Crippen molar-refractivity contribution in [3.05, 3.63) is 78.1 Å². The largest absolute Gasteiger partial charge is 0.508 e. The van der Waals surface area contributed by atoms with Crippen LogP contribution in [0.4, 0.5) is 0 Å². The summed E-state index contributed by atoms with van der Waals surface area (Å²) >= 11 is 0. The Bertz CT molecular complexity index is 1260. The number of hydrogen-bond donors (Lipinski definition) is 2. The molecule has 0 atom stereocenters. The van der Waals surface area contributed by atoms with Crippen LogP contribution in [0, 0.1) is 0 Å². The van der Waals surface area contributed by atoms with E-state index in [1.165, 1.54) is 19.3 Å². The molecule has 1 heterocycles. The zero-order chi connectivity index (χ0) is 21.9. The topological polar surface area (TPSA) is 84.4 Å². The molecule has 0 saturated heterocycles. The fourth-order valence-corrected chi connectivity index (χ4v) is 4.32. The number of carbonyl (C=O) groups is 1. The number of benzene rings is 3. The molecule has 0 aliphatic heterocycles. The van der Waals surface area contributed by atoms with Crippen LogP contribution in [0.2, 0.25) is 0 Å². The SMILES string of the molecule is O=C(Oc1cc(Oc2cccc(O)c2)ccc1C1CCCCC1)c1ccc2[nH]cnc2c1. The molecule has 1 saturated carbocycles. The third-order valence-electron chi connectivity index (χ3n) is 5.94. The number of aromatic hydroxyl groups is 1. The van der Waals surface area contributed by atoms with Gasteiger partial charge in [-0.05, 0) is 60.7 Å². The number of fused-ring (bicyclic) bond motifs is 1. The van der Waals surface area contributed by atoms with Gasteiger partial charge in [-0.15, -0.1) is 0 Å². The Balaban J connectivity index is 1.45. The Morgan fingerprint density at radius 3 is 2.66 bits per heavy atom. The maximum Gasteiger partial charge on any atom is 0.343 e. The molecule has 4 aromatic rings. The lowest BCUT2D eigenvalue weighted by atomic mass is 9.83. The second kappa shape index (κ2) is 8.75. The molecule has 0 bridgehead atoms. The van der Waals surface area contributed by atoms with Gasteiger partial charge in [-0.2, -0.15) is 0 Å². The summed E-state index contributed by atoms with van der Waals surface area (Å²) in [6.07, 6.45) is 7.36. The Kier molecular flexibility index (Phi) is 5.50. The van der Waals surface area contributed by atoms with Crippen LogP contribution in [0.25, 0.3) is 11.0 Å². The van der Waals surface area contributed by atoms with Crippen LogP contribution in [0.5, 0.6) is 23.0 Å². The number of ether oxygens (including phenoxy) is 2. The molecule has 3 aromatic carbocycles. The van der Waals surface area contributed by atoms with E-state index < -0.39 is 5.97 Å². The number of hydrogen-bond acceptors (Lipinski definition) is 5. The molecule has 6 heteroatoms. The second-order valence-electron chi connectivity index (χ2n) is 8.16. The predicted molar refractivity (Wildman–Crippen MR) is 122 cm³/mol. The lowest BCUT2D eigenvalue weighted by Crippen LogP contribution is -2.12. The van der Waals surface area contributed by atoms with Gasteiger partial charge in [0.25, 0.3) is 0 Å². The van der Waals surface area contributed by atoms with Crippen molar-refractivity contribution in [1.29, 1.82) is 0 Å². The number of imidazole rings is 1. The lowest BCUT2D eigenvalue weighted by molar-refractivity contribution is 0.0732. The van der Waals surface area contributed by atoms with Crippen molar-refractivity contribution >= 4 is 17.0 Å². The molecule has 0 radical (unpaired) electrons. The first-order chi connectivity index (χ1) is 15.7. The van der Waals surface area contributed by atoms with Gasteiger partial charge in [0.05, 0.1) is 22.9 Å². The van der Waals surface area contributed by atoms with E-state index in [9.17, 15) is 9.90 Å². The summed E-state index contributed by atoms with van der Waals surface area (Å²) in [6, 6.07) is 17.5. The molecule has 6 nitrogen and oxygen atoms in total. The molecule has 2 N–H and O–H groups in total. The number of nitrogens with zero attached hydrogens (tertiary/aromatic N) is 1. The van der Waals surface area contributed by atoms with Gasteiger partial charge in [-0.25, -0.2) is 9.78 Å². The summed E-state index contributed by atoms with van der Waals surface area (Å²) in [6.45, 7) is 0. The van der Waals surface area contributed by atoms with E-state index >= 15 is 0 Å². The van der Waals surface area contributed by atoms with E-state index in [1.54, 1.807) is 48.8 Å². The van der Waals surface area contributed by atoms with E-state index in [4.69, 9.17) is 9.47 Å². The van der Waals surface area contributed by atoms with Crippen LogP contribution < -0.4 is 9.47 Å². The van der Waals surface area contributed by atoms with Crippen molar-refractivity contribution in [1.82, 2.24) is 9.97 Å². The lowest BCUT2D eigenvalue weighted by Gasteiger charge is -2.24. The van der Waals surface area contributed by atoms with Gasteiger partial charge >= 0.3 is 5.97 Å². The number of aromatic nitrogens is 2. The molecule has 0 unspecified atom stereocenters. The van der Waals surface area contributed by atoms with E-state index in [0.717, 1.165) is 23.9 Å². The average Bonchev–Trinajstić information content (AvgIpc) is 3.28. The van der Waals surface area contributed by atoms with Gasteiger partial charge in [0.1, 0.15) is 23.0 Å². The molecule has 1 aliphatic rings. The fraction of sp³-hybridized carbons (Fsp3) is 0.231. The number of rotatable bonds is 5. The van der Waals surface area contributed by atoms with E-state index in [1.807, 2.05) is 18.2 Å². The van der Waals surface area contributed by atoms with E-state index in [2.05, 4.69) is 9.97 Å². The highest BCUT2D eigenvalue weighted by Gasteiger charge is 2.22. The van der Waals surface area contributed by atoms with Gasteiger partial charge in [0.2, 0.25) is 0 Å². The summed E-state index contributed by atoms with van der Waals surface area (Å²) in [5, 5.41) is 9.71. The molecule has 162 valence electrons. The number of carbonyl (C=O) groups excluding carboxylic acids is 1. The maximum atomic E-state index is 13.0. The summed E-state index contributed by atoms with van der Waals surface area (Å²) < 4.78 is 11.8. The van der Waals surface area contributed by atoms with Crippen LogP contribution >= 0.6 is 0 Å². The number of phenols is 1. The predicted octanol–water partition coefficient (Wildman–Crippen LogP) is 6.33. The van der Waals surface area contributed by atoms with Gasteiger partial charge < -0.3 is 19.6 Å². The number of aromatic amines is 1. The quantitative estimate of drug-likeness (QED) is 0.287. The first-order valence-corrected chi connectivity index (χ1v) is 10.9. The van der Waals surface area contributed by atoms with Gasteiger partial charge in [0, 0.05) is 12.1 Å². The minimum atomic E-state index is -0.429. The van der Waals surface area contributed by atoms with Crippen molar-refractivity contribution in [2.45, 2.75) is 38.0 Å². The highest BCUT2D eigenvalue weighted by atomic mass is 16.5. The molecular formula is C26H24N2O4. The Morgan fingerprint density at radius 1 is 0.969 bits per heavy atom. The molecule has 0 spiro atoms. The van der Waals surface area contributed by atoms with Crippen LogP contribution in [-0.2, 0) is 0 Å². The zero-order valence-corrected chi connectivity index (χ0v) is 17.6. The highest BCUT2D eigenvalue weighted by Crippen LogP contribution is 2.40. The zero-order valence-electron chi connectivity index (χ0n) is 17.6. The average molecular weight is 428 g/mol. The minimum Gasteiger partial charge on any atom is -0.508 e. The summed E-state index contributed by atoms with van der Waals surface area (Å²) in [7, 11) is 0. The van der Waals surface area contributed by atoms with Crippen LogP contribution in [0.1, 0.15) is 53.9 Å². The Labute approximate surface area is 185 Å². The van der Waals surface area contributed by atoms with Crippen LogP contribution in [0.15, 0.2) is 67.0 Å². The summed E-state index contributed by atoms with van der Waals surface area (Å²) in [5.74, 6) is 1.62. The third-order valence-corrected chi connectivity index (χ3v) is 5.94. The highest BCUT2D eigenvalue weighted by molar-refractivity contribution is 5.94. The number of nitrogens with one attached hydrogen (secondary N) is 1. The monoisotopic (exact) mass is 428 g/mol. The Hall–Kier alpha value is -3.80. The van der Waals surface area contributed by atoms with E-state index in [-0.39, 0.29) is 5.75 Å². The number of H-pyrrole nitrogens is 1. The van der Waals surface area contributed by atoms with Crippen LogP contribution in [0.3, 0.4) is 0 Å². The summed E-state index contributed by atoms with van der Waals surface area (Å²) in [5.41, 5.74) is 3.06. The van der Waals surface area contributed by atoms with Crippen molar-refractivity contribution < 1.29 is 19.4 Å². The van der Waals surface area contributed by atoms with Crippen molar-refractivity contribution in [2.24, 2.45) is 0 Å². The van der Waals surface area contributed by atoms with E-state index in [0.29, 0.717) is 34.2 Å². The van der Waals surface area contributed by atoms with Gasteiger partial charge in [-0.3, -0.25) is 0 Å². The van der Waals surface area contributed by atoms with Gasteiger partial charge in [0.15, 0.2) is 0 Å². The van der Waals surface area contributed by atoms with Crippen molar-refractivity contribution in [2.75, 3.05) is 0 Å². The fourth-order valence-electron chi connectivity index (χ4n) is 4.32.